The maximum Gasteiger partial charge on any atom is 0.476 e. The molecule has 0 saturated heterocycles. The summed E-state index contributed by atoms with van der Waals surface area (Å²) in [7, 11) is -4.02. The molecule has 1 aliphatic carbocycles. The van der Waals surface area contributed by atoms with E-state index in [1.54, 1.807) is 18.7 Å². The molecule has 7 heteroatoms. The maximum absolute atomic E-state index is 14.5. The van der Waals surface area contributed by atoms with Gasteiger partial charge in [-0.25, -0.2) is 4.57 Å². The molecule has 0 aromatic heterocycles. The van der Waals surface area contributed by atoms with Gasteiger partial charge >= 0.3 is 7.82 Å². The Morgan fingerprint density at radius 1 is 0.971 bits per heavy atom. The van der Waals surface area contributed by atoms with Crippen LogP contribution in [0.2, 0.25) is 0 Å². The van der Waals surface area contributed by atoms with Gasteiger partial charge in [-0.3, -0.25) is 18.4 Å². The second kappa shape index (κ2) is 10.6. The molecule has 1 aliphatic heterocycles. The number of hydrogen-bond donors (Lipinski definition) is 0. The number of nitrogens with zero attached hydrogens (tertiary/aromatic N) is 1. The molecule has 1 heterocycles. The molecule has 1 saturated carbocycles. The Morgan fingerprint density at radius 2 is 1.59 bits per heavy atom. The number of anilines is 1. The van der Waals surface area contributed by atoms with E-state index in [0.29, 0.717) is 12.1 Å². The largest absolute Gasteiger partial charge is 0.476 e. The second-order valence-electron chi connectivity index (χ2n) is 8.82. The third-order valence-electron chi connectivity index (χ3n) is 6.72. The number of phosphoric ester groups is 1. The number of amides is 1. The summed E-state index contributed by atoms with van der Waals surface area (Å²) in [4.78, 5) is 16.3. The van der Waals surface area contributed by atoms with Crippen molar-refractivity contribution in [3.8, 4) is 0 Å². The van der Waals surface area contributed by atoms with Crippen molar-refractivity contribution in [1.82, 2.24) is 0 Å². The second-order valence-corrected chi connectivity index (χ2v) is 10.4. The number of rotatable bonds is 9. The fraction of sp³-hybridized carbons (Fsp3) is 0.444. The van der Waals surface area contributed by atoms with E-state index in [0.717, 1.165) is 48.9 Å². The Labute approximate surface area is 202 Å². The maximum atomic E-state index is 14.5. The minimum Gasteiger partial charge on any atom is -0.305 e. The van der Waals surface area contributed by atoms with Gasteiger partial charge in [-0.1, -0.05) is 74.4 Å². The molecule has 0 radical (unpaired) electrons. The minimum absolute atomic E-state index is 0.142. The molecule has 182 valence electrons. The highest BCUT2D eigenvalue weighted by Gasteiger charge is 2.58. The Bertz CT molecular complexity index is 1060. The van der Waals surface area contributed by atoms with Crippen molar-refractivity contribution in [3.05, 3.63) is 72.3 Å². The van der Waals surface area contributed by atoms with Crippen LogP contribution in [0, 0.1) is 5.92 Å². The normalized spacial score (nSPS) is 21.5. The van der Waals surface area contributed by atoms with E-state index in [2.05, 4.69) is 6.58 Å². The van der Waals surface area contributed by atoms with Gasteiger partial charge in [-0.15, -0.1) is 0 Å². The summed E-state index contributed by atoms with van der Waals surface area (Å²) >= 11 is 0. The first-order valence-corrected chi connectivity index (χ1v) is 13.7. The van der Waals surface area contributed by atoms with Crippen molar-refractivity contribution < 1.29 is 22.9 Å². The van der Waals surface area contributed by atoms with Gasteiger partial charge in [-0.05, 0) is 43.9 Å². The van der Waals surface area contributed by atoms with E-state index in [9.17, 15) is 9.36 Å². The lowest BCUT2D eigenvalue weighted by Crippen LogP contribution is -2.58. The molecule has 1 atom stereocenters. The monoisotopic (exact) mass is 483 g/mol. The third-order valence-corrected chi connectivity index (χ3v) is 8.39. The molecule has 2 aliphatic rings. The fourth-order valence-electron chi connectivity index (χ4n) is 5.21. The predicted molar refractivity (Wildman–Crippen MR) is 134 cm³/mol. The van der Waals surface area contributed by atoms with Crippen LogP contribution in [0.5, 0.6) is 0 Å². The summed E-state index contributed by atoms with van der Waals surface area (Å²) in [6, 6.07) is 17.6. The van der Waals surface area contributed by atoms with Crippen LogP contribution >= 0.6 is 7.82 Å². The van der Waals surface area contributed by atoms with Crippen LogP contribution in [-0.4, -0.2) is 24.7 Å². The SMILES string of the molecule is C=C1c2ccccc2N(Cc2ccccc2)C(=O)C1(OP(=O)(OCC)OCC)C1CCCCC1. The standard InChI is InChI=1S/C27H34NO5P/c1-4-31-34(30,32-5-2)33-27(23-16-10-7-11-17-23)21(3)24-18-12-13-19-25(24)28(26(27)29)20-22-14-8-6-9-15-22/h6,8-9,12-15,18-19,23H,3-5,7,10-11,16-17,20H2,1-2H3. The molecule has 2 aromatic rings. The fourth-order valence-corrected chi connectivity index (χ4v) is 6.71. The van der Waals surface area contributed by atoms with E-state index in [4.69, 9.17) is 13.6 Å². The van der Waals surface area contributed by atoms with Crippen LogP contribution in [0.4, 0.5) is 5.69 Å². The van der Waals surface area contributed by atoms with E-state index < -0.39 is 13.4 Å². The van der Waals surface area contributed by atoms with Crippen molar-refractivity contribution in [2.75, 3.05) is 18.1 Å². The molecule has 1 unspecified atom stereocenters. The van der Waals surface area contributed by atoms with Gasteiger partial charge in [0.2, 0.25) is 0 Å². The number of fused-ring (bicyclic) bond motifs is 1. The first-order chi connectivity index (χ1) is 16.4. The predicted octanol–water partition coefficient (Wildman–Crippen LogP) is 6.76. The number of phosphoric acid groups is 1. The molecular weight excluding hydrogens is 449 g/mol. The highest BCUT2D eigenvalue weighted by Crippen LogP contribution is 2.60. The highest BCUT2D eigenvalue weighted by molar-refractivity contribution is 7.48. The van der Waals surface area contributed by atoms with Gasteiger partial charge in [0.15, 0.2) is 5.60 Å². The molecule has 1 fully saturated rings. The van der Waals surface area contributed by atoms with Gasteiger partial charge in [0.25, 0.3) is 5.91 Å². The summed E-state index contributed by atoms with van der Waals surface area (Å²) in [5, 5.41) is 0. The minimum atomic E-state index is -4.02. The number of benzene rings is 2. The van der Waals surface area contributed by atoms with Gasteiger partial charge in [0, 0.05) is 11.5 Å². The van der Waals surface area contributed by atoms with Crippen LogP contribution < -0.4 is 4.90 Å². The molecule has 34 heavy (non-hydrogen) atoms. The van der Waals surface area contributed by atoms with Crippen molar-refractivity contribution in [2.45, 2.75) is 58.1 Å². The van der Waals surface area contributed by atoms with Crippen LogP contribution in [0.1, 0.15) is 57.1 Å². The summed E-state index contributed by atoms with van der Waals surface area (Å²) in [6.45, 7) is 8.50. The molecular formula is C27H34NO5P. The van der Waals surface area contributed by atoms with Crippen molar-refractivity contribution >= 4 is 25.0 Å². The number of carbonyl (C=O) groups is 1. The zero-order chi connectivity index (χ0) is 24.2. The van der Waals surface area contributed by atoms with Crippen molar-refractivity contribution in [2.24, 2.45) is 5.92 Å². The smallest absolute Gasteiger partial charge is 0.305 e. The molecule has 0 bridgehead atoms. The molecule has 2 aromatic carbocycles. The summed E-state index contributed by atoms with van der Waals surface area (Å²) in [5.41, 5.74) is 1.60. The van der Waals surface area contributed by atoms with Gasteiger partial charge in [0.1, 0.15) is 0 Å². The topological polar surface area (TPSA) is 65.1 Å². The Balaban J connectivity index is 1.87. The zero-order valence-corrected chi connectivity index (χ0v) is 21.0. The molecule has 0 N–H and O–H groups in total. The quantitative estimate of drug-likeness (QED) is 0.369. The number of hydrogen-bond acceptors (Lipinski definition) is 5. The number of para-hydroxylation sites is 1. The summed E-state index contributed by atoms with van der Waals surface area (Å²) < 4.78 is 31.1. The van der Waals surface area contributed by atoms with Gasteiger partial charge < -0.3 is 4.90 Å². The van der Waals surface area contributed by atoms with E-state index in [1.165, 1.54) is 0 Å². The summed E-state index contributed by atoms with van der Waals surface area (Å²) in [5.74, 6) is -0.436. The van der Waals surface area contributed by atoms with Gasteiger partial charge in [0.05, 0.1) is 25.4 Å². The first kappa shape index (κ1) is 24.9. The van der Waals surface area contributed by atoms with Crippen LogP contribution in [0.25, 0.3) is 5.57 Å². The third kappa shape index (κ3) is 4.65. The Hall–Kier alpha value is -2.24. The van der Waals surface area contributed by atoms with E-state index >= 15 is 0 Å². The lowest BCUT2D eigenvalue weighted by Gasteiger charge is -2.49. The Morgan fingerprint density at radius 3 is 2.24 bits per heavy atom. The Kier molecular flexibility index (Phi) is 7.73. The van der Waals surface area contributed by atoms with Crippen LogP contribution in [0.15, 0.2) is 61.2 Å². The molecule has 6 nitrogen and oxygen atoms in total. The number of carbonyl (C=O) groups excluding carboxylic acids is 1. The summed E-state index contributed by atoms with van der Waals surface area (Å²) in [6.07, 6.45) is 4.62. The van der Waals surface area contributed by atoms with Crippen molar-refractivity contribution in [1.29, 1.82) is 0 Å². The molecule has 4 rings (SSSR count). The first-order valence-electron chi connectivity index (χ1n) is 12.2. The molecule has 0 spiro atoms. The average molecular weight is 484 g/mol. The van der Waals surface area contributed by atoms with Crippen molar-refractivity contribution in [3.63, 3.8) is 0 Å². The highest BCUT2D eigenvalue weighted by atomic mass is 31.2. The lowest BCUT2D eigenvalue weighted by molar-refractivity contribution is -0.137. The zero-order valence-electron chi connectivity index (χ0n) is 20.1. The van der Waals surface area contributed by atoms with Gasteiger partial charge in [-0.2, -0.15) is 0 Å². The molecule has 1 amide bonds. The average Bonchev–Trinajstić information content (AvgIpc) is 2.86. The lowest BCUT2D eigenvalue weighted by atomic mass is 9.69. The van der Waals surface area contributed by atoms with Crippen LogP contribution in [-0.2, 0) is 29.5 Å². The van der Waals surface area contributed by atoms with E-state index in [1.807, 2.05) is 54.6 Å². The van der Waals surface area contributed by atoms with Crippen LogP contribution in [0.3, 0.4) is 0 Å². The van der Waals surface area contributed by atoms with E-state index in [-0.39, 0.29) is 25.0 Å².